The lowest BCUT2D eigenvalue weighted by molar-refractivity contribution is -0.137. The van der Waals surface area contributed by atoms with Crippen LogP contribution in [0.5, 0.6) is 0 Å². The van der Waals surface area contributed by atoms with Crippen molar-refractivity contribution in [3.63, 3.8) is 0 Å². The Labute approximate surface area is 155 Å². The fourth-order valence-corrected chi connectivity index (χ4v) is 2.75. The first-order chi connectivity index (χ1) is 12.5. The summed E-state index contributed by atoms with van der Waals surface area (Å²) in [6, 6.07) is 2.16. The maximum absolute atomic E-state index is 12.8. The molecule has 2 heterocycles. The summed E-state index contributed by atoms with van der Waals surface area (Å²) in [5.41, 5.74) is -1.05. The van der Waals surface area contributed by atoms with Crippen LogP contribution >= 0.6 is 11.6 Å². The summed E-state index contributed by atoms with van der Waals surface area (Å²) in [7, 11) is 4.41. The Balaban J connectivity index is 2.22. The highest BCUT2D eigenvalue weighted by Gasteiger charge is 2.31. The maximum atomic E-state index is 12.8. The minimum atomic E-state index is -4.54. The Morgan fingerprint density at radius 2 is 1.93 bits per heavy atom. The third-order valence-electron chi connectivity index (χ3n) is 3.91. The summed E-state index contributed by atoms with van der Waals surface area (Å²) < 4.78 is 40.5. The van der Waals surface area contributed by atoms with Gasteiger partial charge >= 0.3 is 17.9 Å². The topological polar surface area (TPSA) is 73.0 Å². The van der Waals surface area contributed by atoms with E-state index in [1.165, 1.54) is 36.8 Å². The number of aromatic nitrogens is 4. The van der Waals surface area contributed by atoms with Gasteiger partial charge in [0.15, 0.2) is 11.5 Å². The van der Waals surface area contributed by atoms with Crippen molar-refractivity contribution in [3.8, 4) is 11.4 Å². The maximum Gasteiger partial charge on any atom is 0.416 e. The molecule has 0 saturated carbocycles. The van der Waals surface area contributed by atoms with Crippen molar-refractivity contribution in [2.75, 3.05) is 14.1 Å². The van der Waals surface area contributed by atoms with Gasteiger partial charge in [0.2, 0.25) is 0 Å². The number of aryl methyl sites for hydroxylation is 1. The fraction of sp³-hybridized carbons (Fsp3) is 0.250. The van der Waals surface area contributed by atoms with E-state index in [9.17, 15) is 22.8 Å². The van der Waals surface area contributed by atoms with E-state index < -0.39 is 23.5 Å². The van der Waals surface area contributed by atoms with E-state index in [0.29, 0.717) is 5.52 Å². The van der Waals surface area contributed by atoms with Crippen LogP contribution in [0.3, 0.4) is 0 Å². The van der Waals surface area contributed by atoms with Gasteiger partial charge in [0.25, 0.3) is 0 Å². The van der Waals surface area contributed by atoms with E-state index in [-0.39, 0.29) is 22.1 Å². The highest BCUT2D eigenvalue weighted by molar-refractivity contribution is 6.33. The number of hydrogen-bond donors (Lipinski definition) is 0. The van der Waals surface area contributed by atoms with Gasteiger partial charge in [0.1, 0.15) is 5.52 Å². The quantitative estimate of drug-likeness (QED) is 0.630. The van der Waals surface area contributed by atoms with Crippen LogP contribution in [0.15, 0.2) is 29.2 Å². The molecule has 0 radical (unpaired) electrons. The second-order valence-electron chi connectivity index (χ2n) is 5.95. The van der Waals surface area contributed by atoms with Crippen LogP contribution in [-0.2, 0) is 13.2 Å². The number of rotatable bonds is 1. The summed E-state index contributed by atoms with van der Waals surface area (Å²) in [4.78, 5) is 34.2. The zero-order valence-electron chi connectivity index (χ0n) is 14.4. The molecule has 2 aromatic heterocycles. The number of imidazole rings is 1. The van der Waals surface area contributed by atoms with Crippen LogP contribution in [0.1, 0.15) is 5.56 Å². The van der Waals surface area contributed by atoms with E-state index in [0.717, 1.165) is 22.8 Å². The van der Waals surface area contributed by atoms with Crippen LogP contribution in [0, 0.1) is 0 Å². The lowest BCUT2D eigenvalue weighted by atomic mass is 10.1. The molecular formula is C16H13ClF3N5O2. The number of amides is 1. The molecule has 11 heteroatoms. The monoisotopic (exact) mass is 399 g/mol. The van der Waals surface area contributed by atoms with Gasteiger partial charge in [-0.25, -0.2) is 19.6 Å². The van der Waals surface area contributed by atoms with Gasteiger partial charge in [-0.3, -0.25) is 4.57 Å². The van der Waals surface area contributed by atoms with E-state index in [2.05, 4.69) is 9.97 Å². The van der Waals surface area contributed by atoms with Crippen LogP contribution in [0.2, 0.25) is 5.02 Å². The lowest BCUT2D eigenvalue weighted by Gasteiger charge is -2.11. The molecule has 0 aliphatic rings. The van der Waals surface area contributed by atoms with E-state index in [1.807, 2.05) is 0 Å². The standard InChI is InChI=1S/C16H13ClF3N5O2/c1-23(2)14(26)25-13-11(24(3)15(25)27)7-21-12(22-13)9-5-4-8(6-10(9)17)16(18,19)20/h4-7H,1-3H3. The van der Waals surface area contributed by atoms with Gasteiger partial charge in [-0.15, -0.1) is 0 Å². The number of alkyl halides is 3. The Morgan fingerprint density at radius 3 is 2.48 bits per heavy atom. The summed E-state index contributed by atoms with van der Waals surface area (Å²) in [5.74, 6) is -0.00729. The minimum absolute atomic E-state index is 0.00729. The van der Waals surface area contributed by atoms with Gasteiger partial charge in [0, 0.05) is 26.7 Å². The number of nitrogens with zero attached hydrogens (tertiary/aromatic N) is 5. The molecule has 3 rings (SSSR count). The molecule has 0 unspecified atom stereocenters. The molecule has 0 bridgehead atoms. The first-order valence-corrected chi connectivity index (χ1v) is 7.93. The molecule has 0 aliphatic carbocycles. The molecule has 0 aliphatic heterocycles. The fourth-order valence-electron chi connectivity index (χ4n) is 2.49. The molecule has 7 nitrogen and oxygen atoms in total. The van der Waals surface area contributed by atoms with Crippen LogP contribution in [0.4, 0.5) is 18.0 Å². The Morgan fingerprint density at radius 1 is 1.26 bits per heavy atom. The molecule has 0 saturated heterocycles. The molecule has 0 N–H and O–H groups in total. The highest BCUT2D eigenvalue weighted by atomic mass is 35.5. The molecule has 0 spiro atoms. The van der Waals surface area contributed by atoms with Crippen molar-refractivity contribution in [1.82, 2.24) is 24.0 Å². The second-order valence-corrected chi connectivity index (χ2v) is 6.36. The molecule has 0 atom stereocenters. The first-order valence-electron chi connectivity index (χ1n) is 7.55. The predicted molar refractivity (Wildman–Crippen MR) is 92.7 cm³/mol. The average molecular weight is 400 g/mol. The SMILES string of the molecule is CN(C)C(=O)n1c(=O)n(C)c2cnc(-c3ccc(C(F)(F)F)cc3Cl)nc21. The van der Waals surface area contributed by atoms with Gasteiger partial charge in [-0.05, 0) is 18.2 Å². The lowest BCUT2D eigenvalue weighted by Crippen LogP contribution is -2.35. The summed E-state index contributed by atoms with van der Waals surface area (Å²) >= 11 is 5.98. The van der Waals surface area contributed by atoms with Gasteiger partial charge in [-0.2, -0.15) is 17.7 Å². The molecule has 1 amide bonds. The number of halogens is 4. The number of carbonyl (C=O) groups is 1. The zero-order chi connectivity index (χ0) is 20.1. The Hall–Kier alpha value is -2.88. The van der Waals surface area contributed by atoms with Crippen LogP contribution in [-0.4, -0.2) is 44.1 Å². The first kappa shape index (κ1) is 18.9. The average Bonchev–Trinajstić information content (AvgIpc) is 2.83. The van der Waals surface area contributed by atoms with Crippen molar-refractivity contribution in [2.24, 2.45) is 7.05 Å². The van der Waals surface area contributed by atoms with Gasteiger partial charge in [0.05, 0.1) is 16.8 Å². The normalized spacial score (nSPS) is 11.8. The molecular weight excluding hydrogens is 387 g/mol. The number of carbonyl (C=O) groups excluding carboxylic acids is 1. The second kappa shape index (κ2) is 6.38. The van der Waals surface area contributed by atoms with Crippen LogP contribution < -0.4 is 5.69 Å². The minimum Gasteiger partial charge on any atom is -0.330 e. The molecule has 1 aromatic carbocycles. The van der Waals surface area contributed by atoms with Gasteiger partial charge in [-0.1, -0.05) is 11.6 Å². The molecule has 3 aromatic rings. The van der Waals surface area contributed by atoms with Crippen molar-refractivity contribution in [1.29, 1.82) is 0 Å². The number of benzene rings is 1. The van der Waals surface area contributed by atoms with Crippen molar-refractivity contribution in [2.45, 2.75) is 6.18 Å². The van der Waals surface area contributed by atoms with Crippen molar-refractivity contribution >= 4 is 28.8 Å². The van der Waals surface area contributed by atoms with E-state index >= 15 is 0 Å². The van der Waals surface area contributed by atoms with Gasteiger partial charge < -0.3 is 4.90 Å². The molecule has 0 fully saturated rings. The number of hydrogen-bond acceptors (Lipinski definition) is 4. The summed E-state index contributed by atoms with van der Waals surface area (Å²) in [5, 5.41) is -0.201. The van der Waals surface area contributed by atoms with Crippen molar-refractivity contribution in [3.05, 3.63) is 45.5 Å². The highest BCUT2D eigenvalue weighted by Crippen LogP contribution is 2.34. The smallest absolute Gasteiger partial charge is 0.330 e. The van der Waals surface area contributed by atoms with Crippen molar-refractivity contribution < 1.29 is 18.0 Å². The summed E-state index contributed by atoms with van der Waals surface area (Å²) in [6.45, 7) is 0. The predicted octanol–water partition coefficient (Wildman–Crippen LogP) is 3.00. The Kier molecular flexibility index (Phi) is 4.46. The zero-order valence-corrected chi connectivity index (χ0v) is 15.1. The largest absolute Gasteiger partial charge is 0.416 e. The third-order valence-corrected chi connectivity index (χ3v) is 4.23. The number of fused-ring (bicyclic) bond motifs is 1. The third kappa shape index (κ3) is 3.16. The molecule has 142 valence electrons. The molecule has 27 heavy (non-hydrogen) atoms. The summed E-state index contributed by atoms with van der Waals surface area (Å²) in [6.07, 6.45) is -3.22. The van der Waals surface area contributed by atoms with Crippen LogP contribution in [0.25, 0.3) is 22.6 Å². The van der Waals surface area contributed by atoms with E-state index in [4.69, 9.17) is 11.6 Å². The Bertz CT molecular complexity index is 1120. The van der Waals surface area contributed by atoms with E-state index in [1.54, 1.807) is 0 Å².